The zero-order valence-corrected chi connectivity index (χ0v) is 8.77. The Balaban J connectivity index is 3.61. The molecule has 0 aliphatic carbocycles. The van der Waals surface area contributed by atoms with Gasteiger partial charge in [0.1, 0.15) is 0 Å². The molecule has 0 saturated heterocycles. The Kier molecular flexibility index (Phi) is 7.17. The third kappa shape index (κ3) is 6.41. The summed E-state index contributed by atoms with van der Waals surface area (Å²) in [6, 6.07) is 1.23. The lowest BCUT2D eigenvalue weighted by molar-refractivity contribution is 0.430. The van der Waals surface area contributed by atoms with Crippen molar-refractivity contribution in [3.63, 3.8) is 0 Å². The molecule has 1 heteroatoms. The molecule has 0 aliphatic heterocycles. The van der Waals surface area contributed by atoms with Gasteiger partial charge in [-0.15, -0.1) is 6.58 Å². The Bertz CT molecular complexity index is 108. The normalized spacial score (nSPS) is 13.3. The number of hydrogen-bond acceptors (Lipinski definition) is 1. The first-order chi connectivity index (χ1) is 5.70. The molecule has 0 aromatic heterocycles. The van der Waals surface area contributed by atoms with Crippen molar-refractivity contribution in [2.75, 3.05) is 0 Å². The lowest BCUT2D eigenvalue weighted by Crippen LogP contribution is -2.34. The summed E-state index contributed by atoms with van der Waals surface area (Å²) in [5, 5.41) is 3.54. The van der Waals surface area contributed by atoms with Crippen LogP contribution in [0.15, 0.2) is 12.7 Å². The Labute approximate surface area is 77.2 Å². The van der Waals surface area contributed by atoms with Crippen LogP contribution in [-0.2, 0) is 0 Å². The van der Waals surface area contributed by atoms with Crippen molar-refractivity contribution < 1.29 is 0 Å². The third-order valence-electron chi connectivity index (χ3n) is 1.93. The van der Waals surface area contributed by atoms with Crippen LogP contribution in [0.3, 0.4) is 0 Å². The zero-order chi connectivity index (χ0) is 9.40. The average molecular weight is 169 g/mol. The second-order valence-corrected chi connectivity index (χ2v) is 3.68. The zero-order valence-electron chi connectivity index (χ0n) is 8.77. The van der Waals surface area contributed by atoms with Gasteiger partial charge in [0.2, 0.25) is 0 Å². The highest BCUT2D eigenvalue weighted by Crippen LogP contribution is 2.05. The topological polar surface area (TPSA) is 12.0 Å². The van der Waals surface area contributed by atoms with Crippen molar-refractivity contribution in [1.82, 2.24) is 5.32 Å². The Morgan fingerprint density at radius 2 is 2.08 bits per heavy atom. The van der Waals surface area contributed by atoms with Gasteiger partial charge in [-0.25, -0.2) is 0 Å². The van der Waals surface area contributed by atoms with E-state index >= 15 is 0 Å². The number of unbranched alkanes of at least 4 members (excludes halogenated alkanes) is 1. The van der Waals surface area contributed by atoms with Crippen LogP contribution in [0, 0.1) is 0 Å². The molecule has 0 aromatic rings. The highest BCUT2D eigenvalue weighted by molar-refractivity contribution is 4.78. The van der Waals surface area contributed by atoms with Gasteiger partial charge >= 0.3 is 0 Å². The van der Waals surface area contributed by atoms with E-state index in [-0.39, 0.29) is 0 Å². The molecule has 0 bridgehead atoms. The van der Waals surface area contributed by atoms with Gasteiger partial charge in [-0.05, 0) is 12.8 Å². The lowest BCUT2D eigenvalue weighted by atomic mass is 10.1. The highest BCUT2D eigenvalue weighted by Gasteiger charge is 2.06. The van der Waals surface area contributed by atoms with Crippen molar-refractivity contribution in [2.45, 2.75) is 58.5 Å². The molecule has 0 rings (SSSR count). The largest absolute Gasteiger partial charge is 0.311 e. The van der Waals surface area contributed by atoms with E-state index in [1.165, 1.54) is 19.3 Å². The van der Waals surface area contributed by atoms with Gasteiger partial charge in [0.15, 0.2) is 0 Å². The third-order valence-corrected chi connectivity index (χ3v) is 1.93. The van der Waals surface area contributed by atoms with Crippen molar-refractivity contribution in [3.05, 3.63) is 12.7 Å². The van der Waals surface area contributed by atoms with Gasteiger partial charge in [-0.3, -0.25) is 0 Å². The molecule has 72 valence electrons. The fraction of sp³-hybridized carbons (Fsp3) is 0.818. The number of nitrogens with one attached hydrogen (secondary N) is 1. The second kappa shape index (κ2) is 7.35. The molecule has 1 unspecified atom stereocenters. The molecule has 1 nitrogen and oxygen atoms in total. The molecule has 0 spiro atoms. The molecule has 0 saturated carbocycles. The van der Waals surface area contributed by atoms with Crippen LogP contribution in [0.5, 0.6) is 0 Å². The van der Waals surface area contributed by atoms with E-state index in [1.54, 1.807) is 0 Å². The van der Waals surface area contributed by atoms with Crippen LogP contribution in [0.25, 0.3) is 0 Å². The molecule has 0 aliphatic rings. The molecular weight excluding hydrogens is 146 g/mol. The monoisotopic (exact) mass is 169 g/mol. The predicted molar refractivity (Wildman–Crippen MR) is 56.4 cm³/mol. The van der Waals surface area contributed by atoms with E-state index in [4.69, 9.17) is 0 Å². The standard InChI is InChI=1S/C11H23N/c1-5-7-9-11(8-6-2)12-10(3)4/h6,10-12H,2,5,7-9H2,1,3-4H3. The summed E-state index contributed by atoms with van der Waals surface area (Å²) in [4.78, 5) is 0. The van der Waals surface area contributed by atoms with Crippen LogP contribution >= 0.6 is 0 Å². The number of rotatable bonds is 7. The minimum absolute atomic E-state index is 0.590. The van der Waals surface area contributed by atoms with Crippen LogP contribution in [0.1, 0.15) is 46.5 Å². The van der Waals surface area contributed by atoms with Crippen molar-refractivity contribution in [1.29, 1.82) is 0 Å². The smallest absolute Gasteiger partial charge is 0.0104 e. The molecule has 0 amide bonds. The maximum Gasteiger partial charge on any atom is 0.0104 e. The van der Waals surface area contributed by atoms with Crippen LogP contribution in [-0.4, -0.2) is 12.1 Å². The molecule has 1 N–H and O–H groups in total. The summed E-state index contributed by atoms with van der Waals surface area (Å²) in [7, 11) is 0. The van der Waals surface area contributed by atoms with Crippen molar-refractivity contribution in [2.24, 2.45) is 0 Å². The lowest BCUT2D eigenvalue weighted by Gasteiger charge is -2.19. The Hall–Kier alpha value is -0.300. The molecule has 1 atom stereocenters. The van der Waals surface area contributed by atoms with Crippen molar-refractivity contribution in [3.8, 4) is 0 Å². The molecule has 12 heavy (non-hydrogen) atoms. The molecular formula is C11H23N. The van der Waals surface area contributed by atoms with E-state index in [2.05, 4.69) is 32.7 Å². The molecule has 0 aromatic carbocycles. The summed E-state index contributed by atoms with van der Waals surface area (Å²) in [5.74, 6) is 0. The van der Waals surface area contributed by atoms with Crippen LogP contribution in [0.4, 0.5) is 0 Å². The minimum Gasteiger partial charge on any atom is -0.311 e. The highest BCUT2D eigenvalue weighted by atomic mass is 14.9. The van der Waals surface area contributed by atoms with E-state index in [0.717, 1.165) is 6.42 Å². The minimum atomic E-state index is 0.590. The first kappa shape index (κ1) is 11.7. The maximum absolute atomic E-state index is 3.78. The van der Waals surface area contributed by atoms with E-state index < -0.39 is 0 Å². The van der Waals surface area contributed by atoms with E-state index in [0.29, 0.717) is 12.1 Å². The first-order valence-corrected chi connectivity index (χ1v) is 5.07. The average Bonchev–Trinajstić information content (AvgIpc) is 2.00. The van der Waals surface area contributed by atoms with Gasteiger partial charge < -0.3 is 5.32 Å². The van der Waals surface area contributed by atoms with E-state index in [9.17, 15) is 0 Å². The maximum atomic E-state index is 3.78. The summed E-state index contributed by atoms with van der Waals surface area (Å²) in [6.07, 6.45) is 6.99. The quantitative estimate of drug-likeness (QED) is 0.577. The van der Waals surface area contributed by atoms with Gasteiger partial charge in [0.25, 0.3) is 0 Å². The molecule has 0 radical (unpaired) electrons. The van der Waals surface area contributed by atoms with Gasteiger partial charge in [-0.2, -0.15) is 0 Å². The Morgan fingerprint density at radius 3 is 2.50 bits per heavy atom. The van der Waals surface area contributed by atoms with Gasteiger partial charge in [0, 0.05) is 12.1 Å². The predicted octanol–water partition coefficient (Wildman–Crippen LogP) is 3.12. The molecule has 0 fully saturated rings. The molecule has 0 heterocycles. The van der Waals surface area contributed by atoms with Crippen molar-refractivity contribution >= 4 is 0 Å². The van der Waals surface area contributed by atoms with Crippen LogP contribution in [0.2, 0.25) is 0 Å². The summed E-state index contributed by atoms with van der Waals surface area (Å²) in [6.45, 7) is 10.4. The number of hydrogen-bond donors (Lipinski definition) is 1. The van der Waals surface area contributed by atoms with Gasteiger partial charge in [0.05, 0.1) is 0 Å². The SMILES string of the molecule is C=CCC(CCCC)NC(C)C. The van der Waals surface area contributed by atoms with E-state index in [1.807, 2.05) is 6.08 Å². The Morgan fingerprint density at radius 1 is 1.42 bits per heavy atom. The summed E-state index contributed by atoms with van der Waals surface area (Å²) in [5.41, 5.74) is 0. The summed E-state index contributed by atoms with van der Waals surface area (Å²) < 4.78 is 0. The fourth-order valence-electron chi connectivity index (χ4n) is 1.39. The summed E-state index contributed by atoms with van der Waals surface area (Å²) >= 11 is 0. The first-order valence-electron chi connectivity index (χ1n) is 5.07. The van der Waals surface area contributed by atoms with Gasteiger partial charge in [-0.1, -0.05) is 39.7 Å². The van der Waals surface area contributed by atoms with Crippen LogP contribution < -0.4 is 5.32 Å². The second-order valence-electron chi connectivity index (χ2n) is 3.68. The fourth-order valence-corrected chi connectivity index (χ4v) is 1.39.